The second kappa shape index (κ2) is 7.31. The third-order valence-electron chi connectivity index (χ3n) is 5.09. The third kappa shape index (κ3) is 3.16. The van der Waals surface area contributed by atoms with Crippen LogP contribution in [0.1, 0.15) is 12.8 Å². The molecule has 0 aliphatic carbocycles. The van der Waals surface area contributed by atoms with Gasteiger partial charge in [0.2, 0.25) is 9.84 Å². The molecular formula is C21H22N2O4S. The van der Waals surface area contributed by atoms with Gasteiger partial charge in [-0.15, -0.1) is 0 Å². The molecule has 0 spiro atoms. The first-order valence-electron chi connectivity index (χ1n) is 9.15. The van der Waals surface area contributed by atoms with Gasteiger partial charge in [0.1, 0.15) is 16.4 Å². The Balaban J connectivity index is 1.95. The zero-order chi connectivity index (χ0) is 19.7. The molecule has 1 aromatic heterocycles. The molecule has 146 valence electrons. The number of hydrogen-bond acceptors (Lipinski definition) is 6. The summed E-state index contributed by atoms with van der Waals surface area (Å²) in [7, 11) is -0.593. The van der Waals surface area contributed by atoms with Crippen LogP contribution in [-0.4, -0.2) is 40.7 Å². The fourth-order valence-corrected chi connectivity index (χ4v) is 5.05. The lowest BCUT2D eigenvalue weighted by Crippen LogP contribution is -2.21. The standard InChI is InChI=1S/C21H22N2O4S/c1-26-15-5-8-17(9-6-15)28(24,25)20-14-22-19-10-7-16(27-2)13-18(19)21(20)23-11-3-4-12-23/h5-10,13-14H,3-4,11-12H2,1-2H3. The maximum Gasteiger partial charge on any atom is 0.210 e. The van der Waals surface area contributed by atoms with Crippen molar-refractivity contribution in [3.8, 4) is 11.5 Å². The highest BCUT2D eigenvalue weighted by Gasteiger charge is 2.28. The van der Waals surface area contributed by atoms with E-state index in [-0.39, 0.29) is 9.79 Å². The van der Waals surface area contributed by atoms with E-state index in [1.807, 2.05) is 18.2 Å². The fraction of sp³-hybridized carbons (Fsp3) is 0.286. The SMILES string of the molecule is COc1ccc(S(=O)(=O)c2cnc3ccc(OC)cc3c2N2CCCC2)cc1. The van der Waals surface area contributed by atoms with Crippen molar-refractivity contribution in [2.45, 2.75) is 22.6 Å². The highest BCUT2D eigenvalue weighted by Crippen LogP contribution is 2.38. The van der Waals surface area contributed by atoms with E-state index >= 15 is 0 Å². The number of anilines is 1. The number of ether oxygens (including phenoxy) is 2. The quantitative estimate of drug-likeness (QED) is 0.653. The molecule has 2 aromatic carbocycles. The van der Waals surface area contributed by atoms with Crippen LogP contribution < -0.4 is 14.4 Å². The zero-order valence-electron chi connectivity index (χ0n) is 15.9. The normalized spacial score (nSPS) is 14.4. The number of nitrogens with zero attached hydrogens (tertiary/aromatic N) is 2. The molecule has 0 radical (unpaired) electrons. The minimum absolute atomic E-state index is 0.220. The van der Waals surface area contributed by atoms with Gasteiger partial charge in [0, 0.05) is 24.7 Å². The number of pyridine rings is 1. The van der Waals surface area contributed by atoms with Crippen LogP contribution in [0.5, 0.6) is 11.5 Å². The Labute approximate surface area is 164 Å². The molecule has 6 nitrogen and oxygen atoms in total. The summed E-state index contributed by atoms with van der Waals surface area (Å²) in [5.74, 6) is 1.29. The highest BCUT2D eigenvalue weighted by atomic mass is 32.2. The predicted octanol–water partition coefficient (Wildman–Crippen LogP) is 3.69. The Kier molecular flexibility index (Phi) is 4.85. The Morgan fingerprint density at radius 3 is 2.21 bits per heavy atom. The first-order valence-corrected chi connectivity index (χ1v) is 10.6. The molecule has 3 aromatic rings. The van der Waals surface area contributed by atoms with E-state index < -0.39 is 9.84 Å². The molecule has 0 N–H and O–H groups in total. The lowest BCUT2D eigenvalue weighted by atomic mass is 10.1. The summed E-state index contributed by atoms with van der Waals surface area (Å²) in [4.78, 5) is 7.01. The number of hydrogen-bond donors (Lipinski definition) is 0. The van der Waals surface area contributed by atoms with Gasteiger partial charge >= 0.3 is 0 Å². The van der Waals surface area contributed by atoms with Gasteiger partial charge in [-0.1, -0.05) is 0 Å². The van der Waals surface area contributed by atoms with Crippen molar-refractivity contribution in [1.29, 1.82) is 0 Å². The van der Waals surface area contributed by atoms with E-state index in [0.717, 1.165) is 36.8 Å². The minimum atomic E-state index is -3.74. The number of methoxy groups -OCH3 is 2. The first kappa shape index (κ1) is 18.6. The fourth-order valence-electron chi connectivity index (χ4n) is 3.61. The molecule has 7 heteroatoms. The molecule has 4 rings (SSSR count). The van der Waals surface area contributed by atoms with E-state index in [2.05, 4.69) is 9.88 Å². The minimum Gasteiger partial charge on any atom is -0.497 e. The molecule has 2 heterocycles. The number of benzene rings is 2. The summed E-state index contributed by atoms with van der Waals surface area (Å²) < 4.78 is 37.5. The molecule has 1 aliphatic heterocycles. The molecule has 0 bridgehead atoms. The summed E-state index contributed by atoms with van der Waals surface area (Å²) in [6.45, 7) is 1.64. The van der Waals surface area contributed by atoms with Crippen molar-refractivity contribution in [2.75, 3.05) is 32.2 Å². The topological polar surface area (TPSA) is 68.7 Å². The average Bonchev–Trinajstić information content (AvgIpc) is 3.26. The zero-order valence-corrected chi connectivity index (χ0v) is 16.7. The van der Waals surface area contributed by atoms with Gasteiger partial charge in [-0.25, -0.2) is 8.42 Å². The van der Waals surface area contributed by atoms with Crippen LogP contribution in [0.15, 0.2) is 58.5 Å². The molecule has 0 unspecified atom stereocenters. The molecule has 0 amide bonds. The van der Waals surface area contributed by atoms with Crippen LogP contribution >= 0.6 is 0 Å². The molecule has 0 saturated carbocycles. The van der Waals surface area contributed by atoms with E-state index in [0.29, 0.717) is 17.2 Å². The maximum atomic E-state index is 13.5. The number of fused-ring (bicyclic) bond motifs is 1. The molecular weight excluding hydrogens is 376 g/mol. The van der Waals surface area contributed by atoms with Gasteiger partial charge in [-0.2, -0.15) is 0 Å². The first-order chi connectivity index (χ1) is 13.5. The van der Waals surface area contributed by atoms with Crippen molar-refractivity contribution < 1.29 is 17.9 Å². The monoisotopic (exact) mass is 398 g/mol. The van der Waals surface area contributed by atoms with E-state index in [9.17, 15) is 8.42 Å². The maximum absolute atomic E-state index is 13.5. The summed E-state index contributed by atoms with van der Waals surface area (Å²) >= 11 is 0. The van der Waals surface area contributed by atoms with E-state index in [1.165, 1.54) is 6.20 Å². The average molecular weight is 398 g/mol. The second-order valence-electron chi connectivity index (χ2n) is 6.73. The lowest BCUT2D eigenvalue weighted by Gasteiger charge is -2.23. The molecule has 1 fully saturated rings. The summed E-state index contributed by atoms with van der Waals surface area (Å²) in [6, 6.07) is 12.0. The van der Waals surface area contributed by atoms with Gasteiger partial charge in [-0.3, -0.25) is 4.98 Å². The summed E-state index contributed by atoms with van der Waals surface area (Å²) in [6.07, 6.45) is 3.55. The van der Waals surface area contributed by atoms with Crippen molar-refractivity contribution in [2.24, 2.45) is 0 Å². The van der Waals surface area contributed by atoms with Gasteiger partial charge in [0.15, 0.2) is 0 Å². The van der Waals surface area contributed by atoms with Crippen molar-refractivity contribution in [1.82, 2.24) is 4.98 Å². The molecule has 0 atom stereocenters. The highest BCUT2D eigenvalue weighted by molar-refractivity contribution is 7.91. The molecule has 28 heavy (non-hydrogen) atoms. The number of aromatic nitrogens is 1. The van der Waals surface area contributed by atoms with Crippen molar-refractivity contribution >= 4 is 26.4 Å². The van der Waals surface area contributed by atoms with Gasteiger partial charge in [0.05, 0.1) is 30.3 Å². The molecule has 1 aliphatic rings. The molecule has 1 saturated heterocycles. The van der Waals surface area contributed by atoms with Gasteiger partial charge in [-0.05, 0) is 55.3 Å². The second-order valence-corrected chi connectivity index (χ2v) is 8.65. The van der Waals surface area contributed by atoms with E-state index in [4.69, 9.17) is 9.47 Å². The van der Waals surface area contributed by atoms with Gasteiger partial charge in [0.25, 0.3) is 0 Å². The van der Waals surface area contributed by atoms with Crippen LogP contribution in [-0.2, 0) is 9.84 Å². The van der Waals surface area contributed by atoms with Crippen molar-refractivity contribution in [3.05, 3.63) is 48.7 Å². The lowest BCUT2D eigenvalue weighted by molar-refractivity contribution is 0.414. The smallest absolute Gasteiger partial charge is 0.210 e. The summed E-state index contributed by atoms with van der Waals surface area (Å²) in [5.41, 5.74) is 1.45. The summed E-state index contributed by atoms with van der Waals surface area (Å²) in [5, 5.41) is 0.788. The van der Waals surface area contributed by atoms with Gasteiger partial charge < -0.3 is 14.4 Å². The van der Waals surface area contributed by atoms with Crippen LogP contribution in [0.2, 0.25) is 0 Å². The Hall–Kier alpha value is -2.80. The number of rotatable bonds is 5. The largest absolute Gasteiger partial charge is 0.497 e. The van der Waals surface area contributed by atoms with Crippen LogP contribution in [0.4, 0.5) is 5.69 Å². The van der Waals surface area contributed by atoms with E-state index in [1.54, 1.807) is 38.5 Å². The van der Waals surface area contributed by atoms with Crippen LogP contribution in [0, 0.1) is 0 Å². The third-order valence-corrected chi connectivity index (χ3v) is 6.87. The van der Waals surface area contributed by atoms with Crippen molar-refractivity contribution in [3.63, 3.8) is 0 Å². The van der Waals surface area contributed by atoms with Crippen LogP contribution in [0.3, 0.4) is 0 Å². The predicted molar refractivity (Wildman–Crippen MR) is 108 cm³/mol. The number of sulfone groups is 1. The Morgan fingerprint density at radius 1 is 0.929 bits per heavy atom. The Bertz CT molecular complexity index is 1110. The van der Waals surface area contributed by atoms with Crippen LogP contribution in [0.25, 0.3) is 10.9 Å². The Morgan fingerprint density at radius 2 is 1.57 bits per heavy atom.